The Morgan fingerprint density at radius 2 is 1.48 bits per heavy atom. The molecule has 0 aliphatic carbocycles. The third-order valence-electron chi connectivity index (χ3n) is 4.93. The van der Waals surface area contributed by atoms with Gasteiger partial charge in [0.25, 0.3) is 5.91 Å². The smallest absolute Gasteiger partial charge is 0.253 e. The first-order valence-electron chi connectivity index (χ1n) is 9.20. The lowest BCUT2D eigenvalue weighted by Crippen LogP contribution is -2.48. The molecular weight excluding hydrogens is 336 g/mol. The van der Waals surface area contributed by atoms with Crippen LogP contribution in [0.2, 0.25) is 0 Å². The van der Waals surface area contributed by atoms with Gasteiger partial charge in [0.15, 0.2) is 0 Å². The second-order valence-corrected chi connectivity index (χ2v) is 6.76. The molecule has 136 valence electrons. The summed E-state index contributed by atoms with van der Waals surface area (Å²) in [6.07, 6.45) is 5.19. The van der Waals surface area contributed by atoms with Gasteiger partial charge in [-0.15, -0.1) is 0 Å². The number of piperazine rings is 1. The summed E-state index contributed by atoms with van der Waals surface area (Å²) < 4.78 is 0. The van der Waals surface area contributed by atoms with Gasteiger partial charge >= 0.3 is 0 Å². The largest absolute Gasteiger partial charge is 0.336 e. The van der Waals surface area contributed by atoms with E-state index in [0.29, 0.717) is 0 Å². The Balaban J connectivity index is 1.32. The molecule has 1 fully saturated rings. The minimum absolute atomic E-state index is 0.129. The van der Waals surface area contributed by atoms with E-state index in [2.05, 4.69) is 39.1 Å². The van der Waals surface area contributed by atoms with Crippen molar-refractivity contribution in [1.29, 1.82) is 0 Å². The van der Waals surface area contributed by atoms with Crippen molar-refractivity contribution in [2.24, 2.45) is 0 Å². The van der Waals surface area contributed by atoms with Crippen LogP contribution in [0.5, 0.6) is 0 Å². The van der Waals surface area contributed by atoms with E-state index in [1.165, 1.54) is 5.56 Å². The van der Waals surface area contributed by atoms with E-state index in [9.17, 15) is 4.79 Å². The van der Waals surface area contributed by atoms with Crippen LogP contribution in [-0.4, -0.2) is 51.9 Å². The number of hydrogen-bond donors (Lipinski definition) is 0. The number of nitrogens with zero attached hydrogens (tertiary/aromatic N) is 4. The lowest BCUT2D eigenvalue weighted by Gasteiger charge is -2.34. The number of carbonyl (C=O) groups is 1. The van der Waals surface area contributed by atoms with E-state index in [4.69, 9.17) is 0 Å². The molecule has 2 heterocycles. The standard InChI is InChI=1S/C22H22N4O/c27-22(20-4-2-1-3-5-20)26-12-10-25(11-13-26)16-18-6-8-19(9-7-18)21-14-23-17-24-15-21/h1-9,14-15,17H,10-13,16H2. The fourth-order valence-electron chi connectivity index (χ4n) is 3.38. The van der Waals surface area contributed by atoms with E-state index in [0.717, 1.165) is 49.4 Å². The molecule has 5 heteroatoms. The molecule has 27 heavy (non-hydrogen) atoms. The molecule has 0 unspecified atom stereocenters. The first kappa shape index (κ1) is 17.4. The van der Waals surface area contributed by atoms with Gasteiger partial charge in [-0.3, -0.25) is 9.69 Å². The summed E-state index contributed by atoms with van der Waals surface area (Å²) in [5.74, 6) is 0.129. The molecule has 4 rings (SSSR count). The SMILES string of the molecule is O=C(c1ccccc1)N1CCN(Cc2ccc(-c3cncnc3)cc2)CC1. The zero-order chi connectivity index (χ0) is 18.5. The van der Waals surface area contributed by atoms with E-state index in [1.54, 1.807) is 6.33 Å². The monoisotopic (exact) mass is 358 g/mol. The number of hydrogen-bond acceptors (Lipinski definition) is 4. The van der Waals surface area contributed by atoms with Crippen LogP contribution in [0.15, 0.2) is 73.3 Å². The summed E-state index contributed by atoms with van der Waals surface area (Å²) in [5.41, 5.74) is 4.19. The van der Waals surface area contributed by atoms with Crippen LogP contribution in [0, 0.1) is 0 Å². The Labute approximate surface area is 159 Å². The van der Waals surface area contributed by atoms with Gasteiger partial charge in [0.2, 0.25) is 0 Å². The molecule has 2 aromatic carbocycles. The Bertz CT molecular complexity index is 873. The summed E-state index contributed by atoms with van der Waals surface area (Å²) in [6.45, 7) is 4.24. The molecule has 1 aromatic heterocycles. The molecule has 3 aromatic rings. The van der Waals surface area contributed by atoms with Gasteiger partial charge < -0.3 is 4.90 Å². The van der Waals surface area contributed by atoms with Gasteiger partial charge in [0, 0.05) is 56.2 Å². The summed E-state index contributed by atoms with van der Waals surface area (Å²) in [4.78, 5) is 25.0. The number of amides is 1. The quantitative estimate of drug-likeness (QED) is 0.719. The van der Waals surface area contributed by atoms with Crippen LogP contribution in [0.3, 0.4) is 0 Å². The van der Waals surface area contributed by atoms with Crippen molar-refractivity contribution in [3.63, 3.8) is 0 Å². The first-order valence-corrected chi connectivity index (χ1v) is 9.20. The highest BCUT2D eigenvalue weighted by molar-refractivity contribution is 5.94. The van der Waals surface area contributed by atoms with Crippen LogP contribution >= 0.6 is 0 Å². The van der Waals surface area contributed by atoms with E-state index >= 15 is 0 Å². The predicted octanol–water partition coefficient (Wildman–Crippen LogP) is 3.10. The molecule has 0 radical (unpaired) electrons. The van der Waals surface area contributed by atoms with Gasteiger partial charge in [0.05, 0.1) is 0 Å². The molecule has 0 saturated carbocycles. The molecule has 1 amide bonds. The second kappa shape index (κ2) is 8.10. The Morgan fingerprint density at radius 3 is 2.15 bits per heavy atom. The molecule has 1 aliphatic rings. The number of benzene rings is 2. The van der Waals surface area contributed by atoms with Crippen LogP contribution in [0.4, 0.5) is 0 Å². The zero-order valence-corrected chi connectivity index (χ0v) is 15.2. The highest BCUT2D eigenvalue weighted by Gasteiger charge is 2.21. The topological polar surface area (TPSA) is 49.3 Å². The van der Waals surface area contributed by atoms with Gasteiger partial charge in [-0.25, -0.2) is 9.97 Å². The summed E-state index contributed by atoms with van der Waals surface area (Å²) in [6, 6.07) is 18.1. The summed E-state index contributed by atoms with van der Waals surface area (Å²) in [7, 11) is 0. The molecule has 0 N–H and O–H groups in total. The summed E-state index contributed by atoms with van der Waals surface area (Å²) >= 11 is 0. The summed E-state index contributed by atoms with van der Waals surface area (Å²) in [5, 5.41) is 0. The van der Waals surface area contributed by atoms with Crippen molar-refractivity contribution in [2.45, 2.75) is 6.54 Å². The van der Waals surface area contributed by atoms with Crippen LogP contribution in [0.25, 0.3) is 11.1 Å². The van der Waals surface area contributed by atoms with Crippen molar-refractivity contribution in [3.8, 4) is 11.1 Å². The fourth-order valence-corrected chi connectivity index (χ4v) is 3.38. The van der Waals surface area contributed by atoms with Gasteiger partial charge in [-0.05, 0) is 23.3 Å². The van der Waals surface area contributed by atoms with Crippen molar-refractivity contribution in [1.82, 2.24) is 19.8 Å². The maximum absolute atomic E-state index is 12.5. The number of carbonyl (C=O) groups excluding carboxylic acids is 1. The van der Waals surface area contributed by atoms with E-state index in [-0.39, 0.29) is 5.91 Å². The highest BCUT2D eigenvalue weighted by Crippen LogP contribution is 2.19. The van der Waals surface area contributed by atoms with Crippen molar-refractivity contribution in [2.75, 3.05) is 26.2 Å². The highest BCUT2D eigenvalue weighted by atomic mass is 16.2. The molecule has 1 aliphatic heterocycles. The lowest BCUT2D eigenvalue weighted by molar-refractivity contribution is 0.0628. The Morgan fingerprint density at radius 1 is 0.815 bits per heavy atom. The van der Waals surface area contributed by atoms with Gasteiger partial charge in [-0.1, -0.05) is 42.5 Å². The number of aromatic nitrogens is 2. The van der Waals surface area contributed by atoms with E-state index in [1.807, 2.05) is 47.6 Å². The second-order valence-electron chi connectivity index (χ2n) is 6.76. The lowest BCUT2D eigenvalue weighted by atomic mass is 10.1. The molecule has 0 spiro atoms. The molecule has 5 nitrogen and oxygen atoms in total. The Kier molecular flexibility index (Phi) is 5.21. The maximum Gasteiger partial charge on any atom is 0.253 e. The molecule has 0 atom stereocenters. The third-order valence-corrected chi connectivity index (χ3v) is 4.93. The fraction of sp³-hybridized carbons (Fsp3) is 0.227. The van der Waals surface area contributed by atoms with Crippen LogP contribution in [-0.2, 0) is 6.54 Å². The molecular formula is C22H22N4O. The molecule has 1 saturated heterocycles. The predicted molar refractivity (Wildman–Crippen MR) is 105 cm³/mol. The Hall–Kier alpha value is -3.05. The minimum atomic E-state index is 0.129. The average molecular weight is 358 g/mol. The third kappa shape index (κ3) is 4.20. The van der Waals surface area contributed by atoms with Crippen molar-refractivity contribution in [3.05, 3.63) is 84.4 Å². The zero-order valence-electron chi connectivity index (χ0n) is 15.2. The van der Waals surface area contributed by atoms with Crippen LogP contribution in [0.1, 0.15) is 15.9 Å². The van der Waals surface area contributed by atoms with Crippen LogP contribution < -0.4 is 0 Å². The normalized spacial score (nSPS) is 14.9. The maximum atomic E-state index is 12.5. The average Bonchev–Trinajstić information content (AvgIpc) is 2.76. The first-order chi connectivity index (χ1) is 13.3. The van der Waals surface area contributed by atoms with Gasteiger partial charge in [0.1, 0.15) is 6.33 Å². The van der Waals surface area contributed by atoms with Crippen molar-refractivity contribution >= 4 is 5.91 Å². The van der Waals surface area contributed by atoms with Gasteiger partial charge in [-0.2, -0.15) is 0 Å². The molecule has 0 bridgehead atoms. The van der Waals surface area contributed by atoms with E-state index < -0.39 is 0 Å². The minimum Gasteiger partial charge on any atom is -0.336 e. The number of rotatable bonds is 4. The van der Waals surface area contributed by atoms with Crippen molar-refractivity contribution < 1.29 is 4.79 Å².